The molecule has 1 saturated heterocycles. The molecular formula is C13H19Cl2N3. The van der Waals surface area contributed by atoms with Crippen molar-refractivity contribution >= 4 is 35.7 Å². The van der Waals surface area contributed by atoms with Crippen LogP contribution in [0.3, 0.4) is 0 Å². The zero-order chi connectivity index (χ0) is 11.0. The Hall–Kier alpha value is -0.770. The van der Waals surface area contributed by atoms with Crippen LogP contribution < -0.4 is 5.32 Å². The number of nitrogens with one attached hydrogen (secondary N) is 1. The van der Waals surface area contributed by atoms with Crippen LogP contribution in [0.4, 0.5) is 0 Å². The summed E-state index contributed by atoms with van der Waals surface area (Å²) in [5, 5.41) is 9.08. The fourth-order valence-corrected chi connectivity index (χ4v) is 2.51. The second kappa shape index (κ2) is 6.41. The first kappa shape index (κ1) is 15.3. The third-order valence-electron chi connectivity index (χ3n) is 3.49. The van der Waals surface area contributed by atoms with Gasteiger partial charge in [-0.25, -0.2) is 0 Å². The van der Waals surface area contributed by atoms with Crippen molar-refractivity contribution in [2.45, 2.75) is 25.3 Å². The second-order valence-electron chi connectivity index (χ2n) is 4.59. The molecule has 1 atom stereocenters. The van der Waals surface area contributed by atoms with Crippen LogP contribution in [0.2, 0.25) is 0 Å². The zero-order valence-corrected chi connectivity index (χ0v) is 12.1. The van der Waals surface area contributed by atoms with Gasteiger partial charge in [-0.3, -0.25) is 4.68 Å². The van der Waals surface area contributed by atoms with Crippen LogP contribution in [0.1, 0.15) is 30.9 Å². The molecule has 1 fully saturated rings. The van der Waals surface area contributed by atoms with Gasteiger partial charge in [0.25, 0.3) is 0 Å². The number of fused-ring (bicyclic) bond motifs is 1. The number of piperidine rings is 1. The Bertz CT molecular complexity index is 504. The Kier molecular flexibility index (Phi) is 5.45. The van der Waals surface area contributed by atoms with Gasteiger partial charge in [0, 0.05) is 18.5 Å². The smallest absolute Gasteiger partial charge is 0.0682 e. The lowest BCUT2D eigenvalue weighted by molar-refractivity contribution is 0.412. The minimum absolute atomic E-state index is 0. The molecule has 18 heavy (non-hydrogen) atoms. The number of benzene rings is 1. The molecule has 0 saturated carbocycles. The van der Waals surface area contributed by atoms with E-state index in [9.17, 15) is 0 Å². The van der Waals surface area contributed by atoms with Crippen molar-refractivity contribution in [3.63, 3.8) is 0 Å². The van der Waals surface area contributed by atoms with Gasteiger partial charge in [0.1, 0.15) is 0 Å². The SMILES string of the molecule is Cl.Cl.Cn1ncc2ccc(C3CCCCN3)cc21. The topological polar surface area (TPSA) is 29.9 Å². The third kappa shape index (κ3) is 2.79. The molecule has 0 spiro atoms. The minimum atomic E-state index is 0. The molecule has 1 aromatic carbocycles. The first-order chi connectivity index (χ1) is 7.84. The molecule has 2 heterocycles. The van der Waals surface area contributed by atoms with Gasteiger partial charge in [-0.15, -0.1) is 24.8 Å². The van der Waals surface area contributed by atoms with E-state index in [0.717, 1.165) is 6.54 Å². The standard InChI is InChI=1S/C13H17N3.2ClH/c1-16-13-8-10(5-6-11(13)9-15-16)12-4-2-3-7-14-12;;/h5-6,8-9,12,14H,2-4,7H2,1H3;2*1H. The predicted octanol–water partition coefficient (Wildman–Crippen LogP) is 3.23. The van der Waals surface area contributed by atoms with Crippen molar-refractivity contribution in [1.82, 2.24) is 15.1 Å². The molecule has 2 aromatic rings. The van der Waals surface area contributed by atoms with Crippen LogP contribution in [-0.2, 0) is 7.05 Å². The van der Waals surface area contributed by atoms with E-state index in [-0.39, 0.29) is 24.8 Å². The van der Waals surface area contributed by atoms with Gasteiger partial charge in [-0.1, -0.05) is 18.6 Å². The molecule has 5 heteroatoms. The van der Waals surface area contributed by atoms with Crippen LogP contribution in [0.15, 0.2) is 24.4 Å². The maximum Gasteiger partial charge on any atom is 0.0682 e. The third-order valence-corrected chi connectivity index (χ3v) is 3.49. The predicted molar refractivity (Wildman–Crippen MR) is 79.8 cm³/mol. The molecule has 0 radical (unpaired) electrons. The van der Waals surface area contributed by atoms with Gasteiger partial charge in [-0.05, 0) is 31.0 Å². The van der Waals surface area contributed by atoms with Crippen LogP contribution in [0, 0.1) is 0 Å². The lowest BCUT2D eigenvalue weighted by Crippen LogP contribution is -2.26. The number of hydrogen-bond acceptors (Lipinski definition) is 2. The maximum absolute atomic E-state index is 4.28. The van der Waals surface area contributed by atoms with Crippen LogP contribution in [0.25, 0.3) is 10.9 Å². The number of aryl methyl sites for hydroxylation is 1. The van der Waals surface area contributed by atoms with E-state index < -0.39 is 0 Å². The molecule has 100 valence electrons. The first-order valence-corrected chi connectivity index (χ1v) is 5.99. The summed E-state index contributed by atoms with van der Waals surface area (Å²) in [4.78, 5) is 0. The number of aromatic nitrogens is 2. The van der Waals surface area contributed by atoms with Gasteiger partial charge >= 0.3 is 0 Å². The van der Waals surface area contributed by atoms with Gasteiger partial charge < -0.3 is 5.32 Å². The summed E-state index contributed by atoms with van der Waals surface area (Å²) in [5.74, 6) is 0. The molecule has 3 nitrogen and oxygen atoms in total. The van der Waals surface area contributed by atoms with Crippen molar-refractivity contribution in [3.05, 3.63) is 30.0 Å². The highest BCUT2D eigenvalue weighted by atomic mass is 35.5. The molecule has 1 aliphatic heterocycles. The van der Waals surface area contributed by atoms with Crippen molar-refractivity contribution in [2.75, 3.05) is 6.54 Å². The summed E-state index contributed by atoms with van der Waals surface area (Å²) in [7, 11) is 2.00. The Morgan fingerprint density at radius 2 is 2.11 bits per heavy atom. The summed E-state index contributed by atoms with van der Waals surface area (Å²) in [6.45, 7) is 1.15. The van der Waals surface area contributed by atoms with E-state index in [1.54, 1.807) is 0 Å². The largest absolute Gasteiger partial charge is 0.310 e. The molecule has 0 bridgehead atoms. The lowest BCUT2D eigenvalue weighted by atomic mass is 9.97. The molecule has 0 amide bonds. The van der Waals surface area contributed by atoms with E-state index in [1.165, 1.54) is 35.7 Å². The normalized spacial score (nSPS) is 19.1. The highest BCUT2D eigenvalue weighted by molar-refractivity contribution is 5.85. The summed E-state index contributed by atoms with van der Waals surface area (Å²) >= 11 is 0. The average Bonchev–Trinajstić information content (AvgIpc) is 2.72. The van der Waals surface area contributed by atoms with E-state index in [2.05, 4.69) is 28.6 Å². The highest BCUT2D eigenvalue weighted by Crippen LogP contribution is 2.25. The van der Waals surface area contributed by atoms with Crippen molar-refractivity contribution in [2.24, 2.45) is 7.05 Å². The van der Waals surface area contributed by atoms with Gasteiger partial charge in [0.05, 0.1) is 11.7 Å². The molecular weight excluding hydrogens is 269 g/mol. The van der Waals surface area contributed by atoms with E-state index in [0.29, 0.717) is 6.04 Å². The Balaban J connectivity index is 0.000000810. The summed E-state index contributed by atoms with van der Waals surface area (Å²) < 4.78 is 1.95. The van der Waals surface area contributed by atoms with Crippen molar-refractivity contribution in [3.8, 4) is 0 Å². The summed E-state index contributed by atoms with van der Waals surface area (Å²) in [6, 6.07) is 7.21. The number of rotatable bonds is 1. The zero-order valence-electron chi connectivity index (χ0n) is 10.4. The highest BCUT2D eigenvalue weighted by Gasteiger charge is 2.15. The fraction of sp³-hybridized carbons (Fsp3) is 0.462. The first-order valence-electron chi connectivity index (χ1n) is 5.99. The van der Waals surface area contributed by atoms with Crippen LogP contribution in [-0.4, -0.2) is 16.3 Å². The number of halogens is 2. The van der Waals surface area contributed by atoms with Gasteiger partial charge in [0.15, 0.2) is 0 Å². The summed E-state index contributed by atoms with van der Waals surface area (Å²) in [6.07, 6.45) is 5.82. The molecule has 1 N–H and O–H groups in total. The second-order valence-corrected chi connectivity index (χ2v) is 4.59. The molecule has 1 aliphatic rings. The minimum Gasteiger partial charge on any atom is -0.310 e. The Labute approximate surface area is 120 Å². The van der Waals surface area contributed by atoms with E-state index in [4.69, 9.17) is 0 Å². The quantitative estimate of drug-likeness (QED) is 0.873. The van der Waals surface area contributed by atoms with Gasteiger partial charge in [0.2, 0.25) is 0 Å². The van der Waals surface area contributed by atoms with Gasteiger partial charge in [-0.2, -0.15) is 5.10 Å². The van der Waals surface area contributed by atoms with Crippen molar-refractivity contribution in [1.29, 1.82) is 0 Å². The van der Waals surface area contributed by atoms with Crippen molar-refractivity contribution < 1.29 is 0 Å². The monoisotopic (exact) mass is 287 g/mol. The van der Waals surface area contributed by atoms with Crippen LogP contribution >= 0.6 is 24.8 Å². The maximum atomic E-state index is 4.28. The van der Waals surface area contributed by atoms with E-state index >= 15 is 0 Å². The van der Waals surface area contributed by atoms with Crippen LogP contribution in [0.5, 0.6) is 0 Å². The molecule has 3 rings (SSSR count). The number of nitrogens with zero attached hydrogens (tertiary/aromatic N) is 2. The average molecular weight is 288 g/mol. The lowest BCUT2D eigenvalue weighted by Gasteiger charge is -2.23. The molecule has 0 aliphatic carbocycles. The molecule has 1 aromatic heterocycles. The number of hydrogen-bond donors (Lipinski definition) is 1. The van der Waals surface area contributed by atoms with E-state index in [1.807, 2.05) is 17.9 Å². The Morgan fingerprint density at radius 3 is 2.83 bits per heavy atom. The Morgan fingerprint density at radius 1 is 1.28 bits per heavy atom. The summed E-state index contributed by atoms with van der Waals surface area (Å²) in [5.41, 5.74) is 2.63. The fourth-order valence-electron chi connectivity index (χ4n) is 2.51. The molecule has 1 unspecified atom stereocenters.